The number of hydrogen-bond acceptors (Lipinski definition) is 2. The van der Waals surface area contributed by atoms with Gasteiger partial charge in [0, 0.05) is 13.1 Å². The first kappa shape index (κ1) is 15.4. The van der Waals surface area contributed by atoms with E-state index in [1.165, 1.54) is 4.90 Å². The van der Waals surface area contributed by atoms with E-state index in [2.05, 4.69) is 0 Å². The lowest BCUT2D eigenvalue weighted by atomic mass is 9.93. The van der Waals surface area contributed by atoms with E-state index >= 15 is 0 Å². The fraction of sp³-hybridized carbons (Fsp3) is 0.467. The van der Waals surface area contributed by atoms with Gasteiger partial charge in [0.2, 0.25) is 5.91 Å². The van der Waals surface area contributed by atoms with Crippen LogP contribution in [0.2, 0.25) is 0 Å². The van der Waals surface area contributed by atoms with Crippen molar-refractivity contribution in [2.24, 2.45) is 5.92 Å². The molecule has 112 valence electrons. The predicted octanol–water partition coefficient (Wildman–Crippen LogP) is 3.09. The van der Waals surface area contributed by atoms with Crippen molar-refractivity contribution in [2.45, 2.75) is 24.9 Å². The van der Waals surface area contributed by atoms with Crippen LogP contribution >= 0.6 is 0 Å². The monoisotopic (exact) mass is 296 g/mol. The first-order chi connectivity index (χ1) is 9.93. The van der Waals surface area contributed by atoms with Crippen molar-refractivity contribution >= 4 is 5.91 Å². The zero-order valence-electron chi connectivity index (χ0n) is 11.3. The molecule has 21 heavy (non-hydrogen) atoms. The van der Waals surface area contributed by atoms with Gasteiger partial charge < -0.3 is 4.90 Å². The van der Waals surface area contributed by atoms with Crippen molar-refractivity contribution in [3.63, 3.8) is 0 Å². The molecule has 0 radical (unpaired) electrons. The van der Waals surface area contributed by atoms with Crippen LogP contribution in [0.25, 0.3) is 0 Å². The fourth-order valence-corrected chi connectivity index (χ4v) is 2.53. The van der Waals surface area contributed by atoms with Crippen LogP contribution in [0.3, 0.4) is 0 Å². The lowest BCUT2D eigenvalue weighted by Crippen LogP contribution is -2.43. The highest BCUT2D eigenvalue weighted by Gasteiger charge is 2.42. The Labute approximate surface area is 121 Å². The van der Waals surface area contributed by atoms with E-state index in [9.17, 15) is 23.2 Å². The van der Waals surface area contributed by atoms with Crippen LogP contribution in [0.1, 0.15) is 24.3 Å². The molecule has 0 saturated carbocycles. The number of likely N-dealkylation sites (tertiary alicyclic amines) is 1. The second-order valence-electron chi connectivity index (χ2n) is 5.11. The SMILES string of the molecule is N#CC(C(=O)N1CCC(C(F)(F)F)CC1)c1ccccc1. The Bertz CT molecular complexity index is 528. The molecule has 0 spiro atoms. The van der Waals surface area contributed by atoms with Crippen molar-refractivity contribution in [1.29, 1.82) is 5.26 Å². The van der Waals surface area contributed by atoms with Crippen LogP contribution in [0, 0.1) is 17.2 Å². The summed E-state index contributed by atoms with van der Waals surface area (Å²) in [5.74, 6) is -2.71. The Morgan fingerprint density at radius 3 is 2.29 bits per heavy atom. The molecular formula is C15H15F3N2O. The summed E-state index contributed by atoms with van der Waals surface area (Å²) in [6.45, 7) is 0.0993. The van der Waals surface area contributed by atoms with E-state index in [1.54, 1.807) is 30.3 Å². The largest absolute Gasteiger partial charge is 0.391 e. The minimum absolute atomic E-state index is 0.0496. The summed E-state index contributed by atoms with van der Waals surface area (Å²) < 4.78 is 37.8. The van der Waals surface area contributed by atoms with E-state index in [-0.39, 0.29) is 25.9 Å². The van der Waals surface area contributed by atoms with E-state index in [0.717, 1.165) is 0 Å². The van der Waals surface area contributed by atoms with Crippen LogP contribution in [0.15, 0.2) is 30.3 Å². The summed E-state index contributed by atoms with van der Waals surface area (Å²) in [5, 5.41) is 9.18. The Morgan fingerprint density at radius 2 is 1.81 bits per heavy atom. The number of carbonyl (C=O) groups is 1. The number of nitriles is 1. The summed E-state index contributed by atoms with van der Waals surface area (Å²) in [6, 6.07) is 10.5. The standard InChI is InChI=1S/C15H15F3N2O/c16-15(17,18)12-6-8-20(9-7-12)14(21)13(10-19)11-4-2-1-3-5-11/h1-5,12-13H,6-9H2. The maximum absolute atomic E-state index is 12.6. The number of hydrogen-bond donors (Lipinski definition) is 0. The highest BCUT2D eigenvalue weighted by molar-refractivity contribution is 5.86. The minimum Gasteiger partial charge on any atom is -0.341 e. The van der Waals surface area contributed by atoms with Crippen molar-refractivity contribution in [2.75, 3.05) is 13.1 Å². The summed E-state index contributed by atoms with van der Waals surface area (Å²) in [4.78, 5) is 13.7. The number of rotatable bonds is 2. The molecule has 0 aliphatic carbocycles. The first-order valence-electron chi connectivity index (χ1n) is 6.73. The number of nitrogens with zero attached hydrogens (tertiary/aromatic N) is 2. The minimum atomic E-state index is -4.21. The van der Waals surface area contributed by atoms with Gasteiger partial charge in [-0.05, 0) is 18.4 Å². The van der Waals surface area contributed by atoms with Gasteiger partial charge in [0.05, 0.1) is 12.0 Å². The van der Waals surface area contributed by atoms with Gasteiger partial charge in [0.1, 0.15) is 5.92 Å². The molecular weight excluding hydrogens is 281 g/mol. The van der Waals surface area contributed by atoms with Gasteiger partial charge in [0.15, 0.2) is 0 Å². The Hall–Kier alpha value is -2.03. The van der Waals surface area contributed by atoms with Crippen molar-refractivity contribution in [3.8, 4) is 6.07 Å². The van der Waals surface area contributed by atoms with Gasteiger partial charge in [0.25, 0.3) is 0 Å². The quantitative estimate of drug-likeness (QED) is 0.841. The van der Waals surface area contributed by atoms with Crippen molar-refractivity contribution in [3.05, 3.63) is 35.9 Å². The van der Waals surface area contributed by atoms with E-state index < -0.39 is 23.9 Å². The molecule has 1 saturated heterocycles. The summed E-state index contributed by atoms with van der Waals surface area (Å²) in [6.07, 6.45) is -4.40. The third kappa shape index (κ3) is 3.54. The zero-order chi connectivity index (χ0) is 15.5. The fourth-order valence-electron chi connectivity index (χ4n) is 2.53. The normalized spacial score (nSPS) is 18.1. The maximum Gasteiger partial charge on any atom is 0.391 e. The average Bonchev–Trinajstić information content (AvgIpc) is 2.48. The molecule has 0 bridgehead atoms. The molecule has 6 heteroatoms. The van der Waals surface area contributed by atoms with Gasteiger partial charge in [-0.2, -0.15) is 18.4 Å². The molecule has 3 nitrogen and oxygen atoms in total. The molecule has 1 amide bonds. The van der Waals surface area contributed by atoms with Crippen molar-refractivity contribution < 1.29 is 18.0 Å². The zero-order valence-corrected chi connectivity index (χ0v) is 11.3. The summed E-state index contributed by atoms with van der Waals surface area (Å²) in [7, 11) is 0. The molecule has 2 rings (SSSR count). The number of piperidine rings is 1. The van der Waals surface area contributed by atoms with Crippen LogP contribution in [0.4, 0.5) is 13.2 Å². The molecule has 1 aromatic carbocycles. The number of halogens is 3. The van der Waals surface area contributed by atoms with Crippen molar-refractivity contribution in [1.82, 2.24) is 4.90 Å². The molecule has 0 N–H and O–H groups in total. The smallest absolute Gasteiger partial charge is 0.341 e. The van der Waals surface area contributed by atoms with Gasteiger partial charge in [-0.15, -0.1) is 0 Å². The van der Waals surface area contributed by atoms with Gasteiger partial charge in [-0.3, -0.25) is 4.79 Å². The molecule has 1 aliphatic rings. The number of benzene rings is 1. The van der Waals surface area contributed by atoms with Gasteiger partial charge in [-0.1, -0.05) is 30.3 Å². The highest BCUT2D eigenvalue weighted by atomic mass is 19.4. The average molecular weight is 296 g/mol. The highest BCUT2D eigenvalue weighted by Crippen LogP contribution is 2.34. The first-order valence-corrected chi connectivity index (χ1v) is 6.73. The molecule has 1 aromatic rings. The molecule has 1 aliphatic heterocycles. The maximum atomic E-state index is 12.6. The van der Waals surface area contributed by atoms with Gasteiger partial charge in [-0.25, -0.2) is 0 Å². The number of carbonyl (C=O) groups excluding carboxylic acids is 1. The molecule has 1 fully saturated rings. The topological polar surface area (TPSA) is 44.1 Å². The Kier molecular flexibility index (Phi) is 4.51. The van der Waals surface area contributed by atoms with Crippen LogP contribution in [-0.4, -0.2) is 30.1 Å². The van der Waals surface area contributed by atoms with Crippen LogP contribution < -0.4 is 0 Å². The van der Waals surface area contributed by atoms with Crippen LogP contribution in [0.5, 0.6) is 0 Å². The molecule has 1 atom stereocenters. The summed E-state index contributed by atoms with van der Waals surface area (Å²) >= 11 is 0. The second kappa shape index (κ2) is 6.17. The van der Waals surface area contributed by atoms with Crippen LogP contribution in [-0.2, 0) is 4.79 Å². The number of amides is 1. The third-order valence-electron chi connectivity index (χ3n) is 3.78. The lowest BCUT2D eigenvalue weighted by molar-refractivity contribution is -0.186. The van der Waals surface area contributed by atoms with Gasteiger partial charge >= 0.3 is 6.18 Å². The number of alkyl halides is 3. The predicted molar refractivity (Wildman–Crippen MR) is 70.2 cm³/mol. The molecule has 1 heterocycles. The van der Waals surface area contributed by atoms with E-state index in [4.69, 9.17) is 0 Å². The lowest BCUT2D eigenvalue weighted by Gasteiger charge is -2.33. The Morgan fingerprint density at radius 1 is 1.24 bits per heavy atom. The Balaban J connectivity index is 2.03. The third-order valence-corrected chi connectivity index (χ3v) is 3.78. The molecule has 0 aromatic heterocycles. The second-order valence-corrected chi connectivity index (χ2v) is 5.11. The van der Waals surface area contributed by atoms with E-state index in [0.29, 0.717) is 5.56 Å². The van der Waals surface area contributed by atoms with E-state index in [1.807, 2.05) is 6.07 Å². The molecule has 1 unspecified atom stereocenters. The summed E-state index contributed by atoms with van der Waals surface area (Å²) in [5.41, 5.74) is 0.572.